The Kier molecular flexibility index (Phi) is 5.69. The largest absolute Gasteiger partial charge is 0.301 e. The fourth-order valence-corrected chi connectivity index (χ4v) is 2.61. The van der Waals surface area contributed by atoms with Crippen molar-refractivity contribution < 1.29 is 0 Å². The Morgan fingerprint density at radius 1 is 1.00 bits per heavy atom. The van der Waals surface area contributed by atoms with Gasteiger partial charge in [-0.15, -0.1) is 0 Å². The van der Waals surface area contributed by atoms with Crippen molar-refractivity contribution in [2.75, 3.05) is 60.9 Å². The van der Waals surface area contributed by atoms with Gasteiger partial charge in [0, 0.05) is 26.2 Å². The molecule has 4 nitrogen and oxygen atoms in total. The quantitative estimate of drug-likeness (QED) is 0.694. The second-order valence-corrected chi connectivity index (χ2v) is 5.11. The predicted octanol–water partition coefficient (Wildman–Crippen LogP) is 0.421. The molecule has 0 amide bonds. The van der Waals surface area contributed by atoms with Gasteiger partial charge in [-0.1, -0.05) is 6.92 Å². The second kappa shape index (κ2) is 6.55. The molecule has 0 spiro atoms. The zero-order valence-corrected chi connectivity index (χ0v) is 11.6. The van der Waals surface area contributed by atoms with Crippen LogP contribution in [0.2, 0.25) is 0 Å². The Morgan fingerprint density at radius 2 is 1.50 bits per heavy atom. The molecule has 0 aliphatic carbocycles. The van der Waals surface area contributed by atoms with Gasteiger partial charge in [0.1, 0.15) is 6.29 Å². The molecule has 4 heteroatoms. The summed E-state index contributed by atoms with van der Waals surface area (Å²) in [6, 6.07) is 0. The average molecular weight is 228 g/mol. The standard InChI is InChI=1S/C12H28N4/c1-6-7-16-10-8-14(4)12(13(2)3)15(5)9-11-16/h12H,6-11H2,1-5H3. The molecular formula is C12H28N4. The molecule has 16 heavy (non-hydrogen) atoms. The lowest BCUT2D eigenvalue weighted by molar-refractivity contribution is -0.0406. The minimum atomic E-state index is 0.434. The minimum Gasteiger partial charge on any atom is -0.301 e. The van der Waals surface area contributed by atoms with Crippen LogP contribution in [0.25, 0.3) is 0 Å². The molecule has 0 aromatic carbocycles. The van der Waals surface area contributed by atoms with Gasteiger partial charge in [0.05, 0.1) is 0 Å². The summed E-state index contributed by atoms with van der Waals surface area (Å²) in [4.78, 5) is 9.72. The van der Waals surface area contributed by atoms with E-state index in [-0.39, 0.29) is 0 Å². The highest BCUT2D eigenvalue weighted by molar-refractivity contribution is 4.73. The molecule has 1 saturated heterocycles. The van der Waals surface area contributed by atoms with E-state index in [4.69, 9.17) is 0 Å². The van der Waals surface area contributed by atoms with Gasteiger partial charge >= 0.3 is 0 Å². The fraction of sp³-hybridized carbons (Fsp3) is 1.00. The van der Waals surface area contributed by atoms with Crippen molar-refractivity contribution in [3.05, 3.63) is 0 Å². The average Bonchev–Trinajstić information content (AvgIpc) is 2.20. The van der Waals surface area contributed by atoms with Crippen molar-refractivity contribution in [1.29, 1.82) is 0 Å². The number of likely N-dealkylation sites (N-methyl/N-ethyl adjacent to an activating group) is 2. The maximum atomic E-state index is 2.57. The molecule has 1 heterocycles. The molecule has 0 N–H and O–H groups in total. The summed E-state index contributed by atoms with van der Waals surface area (Å²) in [5, 5.41) is 0. The Bertz CT molecular complexity index is 181. The Hall–Kier alpha value is -0.160. The first kappa shape index (κ1) is 13.9. The van der Waals surface area contributed by atoms with Crippen LogP contribution in [0.1, 0.15) is 13.3 Å². The van der Waals surface area contributed by atoms with E-state index in [9.17, 15) is 0 Å². The van der Waals surface area contributed by atoms with Crippen LogP contribution in [0.3, 0.4) is 0 Å². The van der Waals surface area contributed by atoms with Gasteiger partial charge in [-0.25, -0.2) is 0 Å². The van der Waals surface area contributed by atoms with Gasteiger partial charge in [0.25, 0.3) is 0 Å². The molecule has 1 fully saturated rings. The lowest BCUT2D eigenvalue weighted by Gasteiger charge is -2.43. The van der Waals surface area contributed by atoms with Gasteiger partial charge in [-0.2, -0.15) is 0 Å². The first-order valence-electron chi connectivity index (χ1n) is 6.35. The lowest BCUT2D eigenvalue weighted by atomic mass is 10.3. The van der Waals surface area contributed by atoms with Crippen LogP contribution < -0.4 is 0 Å². The Balaban J connectivity index is 2.57. The summed E-state index contributed by atoms with van der Waals surface area (Å²) >= 11 is 0. The van der Waals surface area contributed by atoms with Crippen molar-refractivity contribution >= 4 is 0 Å². The fourth-order valence-electron chi connectivity index (χ4n) is 2.61. The molecule has 1 aliphatic rings. The molecule has 1 rings (SSSR count). The van der Waals surface area contributed by atoms with Gasteiger partial charge in [-0.05, 0) is 41.2 Å². The van der Waals surface area contributed by atoms with Crippen molar-refractivity contribution in [1.82, 2.24) is 19.6 Å². The summed E-state index contributed by atoms with van der Waals surface area (Å²) < 4.78 is 0. The van der Waals surface area contributed by atoms with E-state index >= 15 is 0 Å². The highest BCUT2D eigenvalue weighted by Crippen LogP contribution is 2.08. The van der Waals surface area contributed by atoms with E-state index in [0.717, 1.165) is 13.1 Å². The van der Waals surface area contributed by atoms with Crippen LogP contribution >= 0.6 is 0 Å². The number of hydrogen-bond donors (Lipinski definition) is 0. The third kappa shape index (κ3) is 3.70. The number of hydrogen-bond acceptors (Lipinski definition) is 4. The summed E-state index contributed by atoms with van der Waals surface area (Å²) in [7, 11) is 8.75. The van der Waals surface area contributed by atoms with E-state index in [1.54, 1.807) is 0 Å². The van der Waals surface area contributed by atoms with Gasteiger partial charge in [0.2, 0.25) is 0 Å². The first-order valence-corrected chi connectivity index (χ1v) is 6.35. The molecule has 0 radical (unpaired) electrons. The van der Waals surface area contributed by atoms with Gasteiger partial charge in [-0.3, -0.25) is 14.7 Å². The molecule has 0 aromatic heterocycles. The van der Waals surface area contributed by atoms with Crippen LogP contribution in [-0.4, -0.2) is 86.8 Å². The van der Waals surface area contributed by atoms with E-state index in [1.807, 2.05) is 0 Å². The predicted molar refractivity (Wildman–Crippen MR) is 69.5 cm³/mol. The molecule has 0 unspecified atom stereocenters. The SMILES string of the molecule is CCCN1CCN(C)C(N(C)C)N(C)CC1. The normalized spacial score (nSPS) is 23.6. The van der Waals surface area contributed by atoms with Crippen LogP contribution in [0.5, 0.6) is 0 Å². The molecule has 0 atom stereocenters. The Morgan fingerprint density at radius 3 is 1.88 bits per heavy atom. The number of rotatable bonds is 3. The highest BCUT2D eigenvalue weighted by atomic mass is 15.5. The van der Waals surface area contributed by atoms with Crippen molar-refractivity contribution in [2.24, 2.45) is 0 Å². The maximum absolute atomic E-state index is 2.57. The molecule has 1 aliphatic heterocycles. The summed E-state index contributed by atoms with van der Waals surface area (Å²) in [6.07, 6.45) is 1.69. The van der Waals surface area contributed by atoms with E-state index in [1.165, 1.54) is 26.1 Å². The van der Waals surface area contributed by atoms with Crippen LogP contribution in [0.15, 0.2) is 0 Å². The van der Waals surface area contributed by atoms with Crippen LogP contribution in [-0.2, 0) is 0 Å². The van der Waals surface area contributed by atoms with Crippen molar-refractivity contribution in [2.45, 2.75) is 19.6 Å². The van der Waals surface area contributed by atoms with Gasteiger partial charge < -0.3 is 4.90 Å². The van der Waals surface area contributed by atoms with E-state index < -0.39 is 0 Å². The lowest BCUT2D eigenvalue weighted by Crippen LogP contribution is -2.58. The molecule has 96 valence electrons. The minimum absolute atomic E-state index is 0.434. The third-order valence-electron chi connectivity index (χ3n) is 3.33. The monoisotopic (exact) mass is 228 g/mol. The topological polar surface area (TPSA) is 13.0 Å². The number of nitrogens with zero attached hydrogens (tertiary/aromatic N) is 4. The molecular weight excluding hydrogens is 200 g/mol. The van der Waals surface area contributed by atoms with Crippen LogP contribution in [0, 0.1) is 0 Å². The first-order chi connectivity index (χ1) is 7.56. The smallest absolute Gasteiger partial charge is 0.118 e. The molecule has 0 saturated carbocycles. The zero-order valence-electron chi connectivity index (χ0n) is 11.6. The summed E-state index contributed by atoms with van der Waals surface area (Å²) in [6.45, 7) is 8.18. The highest BCUT2D eigenvalue weighted by Gasteiger charge is 2.24. The molecule has 0 bridgehead atoms. The van der Waals surface area contributed by atoms with Gasteiger partial charge in [0.15, 0.2) is 0 Å². The zero-order chi connectivity index (χ0) is 12.1. The summed E-state index contributed by atoms with van der Waals surface area (Å²) in [5.41, 5.74) is 0. The Labute approximate surface area is 101 Å². The van der Waals surface area contributed by atoms with Crippen molar-refractivity contribution in [3.63, 3.8) is 0 Å². The second-order valence-electron chi connectivity index (χ2n) is 5.11. The summed E-state index contributed by atoms with van der Waals surface area (Å²) in [5.74, 6) is 0. The molecule has 0 aromatic rings. The van der Waals surface area contributed by atoms with E-state index in [0.29, 0.717) is 6.29 Å². The third-order valence-corrected chi connectivity index (χ3v) is 3.33. The van der Waals surface area contributed by atoms with E-state index in [2.05, 4.69) is 54.7 Å². The van der Waals surface area contributed by atoms with Crippen LogP contribution in [0.4, 0.5) is 0 Å². The van der Waals surface area contributed by atoms with Crippen molar-refractivity contribution in [3.8, 4) is 0 Å². The maximum Gasteiger partial charge on any atom is 0.118 e.